The first-order chi connectivity index (χ1) is 9.72. The second kappa shape index (κ2) is 5.64. The first-order valence-electron chi connectivity index (χ1n) is 5.39. The van der Waals surface area contributed by atoms with Crippen LogP contribution in [0.5, 0.6) is 0 Å². The van der Waals surface area contributed by atoms with Gasteiger partial charge in [-0.2, -0.15) is 8.78 Å². The third-order valence-electron chi connectivity index (χ3n) is 2.50. The SMILES string of the molecule is Nc1cc(Cl)c(Cl)c(-c2nnnn2CC(F)(F)C(F)F)c1. The lowest BCUT2D eigenvalue weighted by molar-refractivity contribution is -0.139. The van der Waals surface area contributed by atoms with Crippen LogP contribution < -0.4 is 5.73 Å². The van der Waals surface area contributed by atoms with Gasteiger partial charge in [-0.05, 0) is 22.6 Å². The van der Waals surface area contributed by atoms with Gasteiger partial charge in [-0.15, -0.1) is 5.10 Å². The van der Waals surface area contributed by atoms with Crippen molar-refractivity contribution in [3.05, 3.63) is 22.2 Å². The van der Waals surface area contributed by atoms with E-state index in [1.54, 1.807) is 0 Å². The van der Waals surface area contributed by atoms with Crippen molar-refractivity contribution in [2.75, 3.05) is 5.73 Å². The fraction of sp³-hybridized carbons (Fsp3) is 0.300. The molecule has 1 aromatic carbocycles. The van der Waals surface area contributed by atoms with Crippen LogP contribution in [0.15, 0.2) is 12.1 Å². The molecule has 0 fully saturated rings. The van der Waals surface area contributed by atoms with E-state index >= 15 is 0 Å². The number of hydrogen-bond donors (Lipinski definition) is 1. The normalized spacial score (nSPS) is 12.1. The van der Waals surface area contributed by atoms with E-state index < -0.39 is 18.9 Å². The highest BCUT2D eigenvalue weighted by molar-refractivity contribution is 6.43. The number of alkyl halides is 4. The third kappa shape index (κ3) is 3.18. The van der Waals surface area contributed by atoms with Gasteiger partial charge in [0.15, 0.2) is 5.82 Å². The molecule has 0 radical (unpaired) electrons. The number of halogens is 6. The molecule has 5 nitrogen and oxygen atoms in total. The summed E-state index contributed by atoms with van der Waals surface area (Å²) in [6.45, 7) is -1.41. The Balaban J connectivity index is 2.47. The van der Waals surface area contributed by atoms with Crippen molar-refractivity contribution in [1.29, 1.82) is 0 Å². The summed E-state index contributed by atoms with van der Waals surface area (Å²) in [5, 5.41) is 9.97. The van der Waals surface area contributed by atoms with E-state index in [1.165, 1.54) is 12.1 Å². The molecule has 0 spiro atoms. The molecule has 2 rings (SSSR count). The minimum atomic E-state index is -4.29. The highest BCUT2D eigenvalue weighted by Crippen LogP contribution is 2.35. The van der Waals surface area contributed by atoms with Gasteiger partial charge in [-0.25, -0.2) is 13.5 Å². The number of tetrazole rings is 1. The maximum absolute atomic E-state index is 13.1. The Labute approximate surface area is 125 Å². The van der Waals surface area contributed by atoms with Crippen LogP contribution in [0.4, 0.5) is 23.2 Å². The number of hydrogen-bond acceptors (Lipinski definition) is 4. The number of aromatic nitrogens is 4. The van der Waals surface area contributed by atoms with Crippen LogP contribution in [0, 0.1) is 0 Å². The zero-order valence-electron chi connectivity index (χ0n) is 10.1. The van der Waals surface area contributed by atoms with Crippen LogP contribution in [0.25, 0.3) is 11.4 Å². The lowest BCUT2D eigenvalue weighted by atomic mass is 10.2. The van der Waals surface area contributed by atoms with Crippen LogP contribution in [0.1, 0.15) is 0 Å². The predicted molar refractivity (Wildman–Crippen MR) is 68.6 cm³/mol. The number of nitrogen functional groups attached to an aromatic ring is 1. The van der Waals surface area contributed by atoms with E-state index in [0.717, 1.165) is 0 Å². The molecule has 21 heavy (non-hydrogen) atoms. The van der Waals surface area contributed by atoms with Crippen molar-refractivity contribution in [1.82, 2.24) is 20.2 Å². The van der Waals surface area contributed by atoms with Gasteiger partial charge in [-0.3, -0.25) is 0 Å². The summed E-state index contributed by atoms with van der Waals surface area (Å²) in [5.41, 5.74) is 5.83. The Morgan fingerprint density at radius 2 is 1.95 bits per heavy atom. The van der Waals surface area contributed by atoms with Gasteiger partial charge in [0.2, 0.25) is 0 Å². The first-order valence-corrected chi connectivity index (χ1v) is 6.15. The maximum atomic E-state index is 13.1. The molecule has 2 N–H and O–H groups in total. The van der Waals surface area contributed by atoms with Gasteiger partial charge in [0.1, 0.15) is 6.54 Å². The molecule has 0 aliphatic heterocycles. The standard InChI is InChI=1S/C10H7Cl2F4N5/c11-6-2-4(17)1-5(7(6)12)8-18-19-20-21(8)3-10(15,16)9(13)14/h1-2,9H,3,17H2. The van der Waals surface area contributed by atoms with E-state index in [-0.39, 0.29) is 27.1 Å². The average Bonchev–Trinajstić information content (AvgIpc) is 2.80. The molecule has 11 heteroatoms. The molecule has 0 saturated carbocycles. The number of benzene rings is 1. The van der Waals surface area contributed by atoms with Gasteiger partial charge >= 0.3 is 12.3 Å². The van der Waals surface area contributed by atoms with E-state index in [4.69, 9.17) is 28.9 Å². The molecule has 114 valence electrons. The zero-order chi connectivity index (χ0) is 15.8. The van der Waals surface area contributed by atoms with Crippen LogP contribution in [0.3, 0.4) is 0 Å². The molecular weight excluding hydrogens is 337 g/mol. The molecule has 2 aromatic rings. The van der Waals surface area contributed by atoms with Crippen molar-refractivity contribution in [3.63, 3.8) is 0 Å². The minimum Gasteiger partial charge on any atom is -0.399 e. The molecule has 1 aromatic heterocycles. The summed E-state index contributed by atoms with van der Waals surface area (Å²) in [4.78, 5) is 0. The zero-order valence-corrected chi connectivity index (χ0v) is 11.6. The summed E-state index contributed by atoms with van der Waals surface area (Å²) in [5.74, 6) is -4.53. The maximum Gasteiger partial charge on any atom is 0.326 e. The summed E-state index contributed by atoms with van der Waals surface area (Å²) >= 11 is 11.7. The van der Waals surface area contributed by atoms with E-state index in [1.807, 2.05) is 0 Å². The number of nitrogens with zero attached hydrogens (tertiary/aromatic N) is 4. The molecule has 0 bridgehead atoms. The molecule has 0 aliphatic carbocycles. The van der Waals surface area contributed by atoms with Crippen molar-refractivity contribution >= 4 is 28.9 Å². The fourth-order valence-corrected chi connectivity index (χ4v) is 1.97. The summed E-state index contributed by atoms with van der Waals surface area (Å²) in [6, 6.07) is 2.65. The van der Waals surface area contributed by atoms with E-state index in [0.29, 0.717) is 4.68 Å². The molecule has 0 aliphatic rings. The van der Waals surface area contributed by atoms with Crippen molar-refractivity contribution < 1.29 is 17.6 Å². The van der Waals surface area contributed by atoms with Crippen LogP contribution in [-0.2, 0) is 6.54 Å². The van der Waals surface area contributed by atoms with Crippen molar-refractivity contribution in [3.8, 4) is 11.4 Å². The number of anilines is 1. The molecular formula is C10H7Cl2F4N5. The Morgan fingerprint density at radius 1 is 1.29 bits per heavy atom. The Morgan fingerprint density at radius 3 is 2.57 bits per heavy atom. The summed E-state index contributed by atoms with van der Waals surface area (Å²) in [6.07, 6.45) is -3.85. The second-order valence-corrected chi connectivity index (χ2v) is 4.87. The summed E-state index contributed by atoms with van der Waals surface area (Å²) in [7, 11) is 0. The van der Waals surface area contributed by atoms with Gasteiger partial charge in [0.05, 0.1) is 10.0 Å². The van der Waals surface area contributed by atoms with Crippen LogP contribution >= 0.6 is 23.2 Å². The monoisotopic (exact) mass is 343 g/mol. The number of nitrogens with two attached hydrogens (primary N) is 1. The highest BCUT2D eigenvalue weighted by Gasteiger charge is 2.42. The molecule has 0 unspecified atom stereocenters. The van der Waals surface area contributed by atoms with E-state index in [2.05, 4.69) is 15.5 Å². The van der Waals surface area contributed by atoms with Gasteiger partial charge < -0.3 is 5.73 Å². The Bertz CT molecular complexity index is 661. The molecule has 0 saturated heterocycles. The smallest absolute Gasteiger partial charge is 0.326 e. The largest absolute Gasteiger partial charge is 0.399 e. The predicted octanol–water partition coefficient (Wildman–Crippen LogP) is 3.13. The average molecular weight is 344 g/mol. The minimum absolute atomic E-state index is 0.0257. The lowest BCUT2D eigenvalue weighted by Gasteiger charge is -2.15. The quantitative estimate of drug-likeness (QED) is 0.683. The highest BCUT2D eigenvalue weighted by atomic mass is 35.5. The van der Waals surface area contributed by atoms with Gasteiger partial charge in [-0.1, -0.05) is 23.2 Å². The fourth-order valence-electron chi connectivity index (χ4n) is 1.55. The van der Waals surface area contributed by atoms with Gasteiger partial charge in [0.25, 0.3) is 0 Å². The van der Waals surface area contributed by atoms with Crippen molar-refractivity contribution in [2.24, 2.45) is 0 Å². The van der Waals surface area contributed by atoms with Gasteiger partial charge in [0, 0.05) is 11.3 Å². The topological polar surface area (TPSA) is 69.6 Å². The number of rotatable bonds is 4. The third-order valence-corrected chi connectivity index (χ3v) is 3.31. The van der Waals surface area contributed by atoms with Crippen molar-refractivity contribution in [2.45, 2.75) is 18.9 Å². The van der Waals surface area contributed by atoms with E-state index in [9.17, 15) is 17.6 Å². The molecule has 1 heterocycles. The Hall–Kier alpha value is -1.61. The van der Waals surface area contributed by atoms with Crippen LogP contribution in [-0.4, -0.2) is 32.6 Å². The molecule has 0 atom stereocenters. The molecule has 0 amide bonds. The Kier molecular flexibility index (Phi) is 4.24. The lowest BCUT2D eigenvalue weighted by Crippen LogP contribution is -2.32. The second-order valence-electron chi connectivity index (χ2n) is 4.09. The van der Waals surface area contributed by atoms with Crippen LogP contribution in [0.2, 0.25) is 10.0 Å². The first kappa shape index (κ1) is 15.8. The summed E-state index contributed by atoms with van der Waals surface area (Å²) < 4.78 is 51.2.